The molecule has 3 heterocycles. The molecule has 0 saturated heterocycles. The molecule has 1 aliphatic rings. The summed E-state index contributed by atoms with van der Waals surface area (Å²) >= 11 is 1.73. The van der Waals surface area contributed by atoms with Crippen molar-refractivity contribution in [1.82, 2.24) is 14.5 Å². The van der Waals surface area contributed by atoms with Crippen molar-refractivity contribution in [2.75, 3.05) is 0 Å². The third kappa shape index (κ3) is 3.71. The predicted molar refractivity (Wildman–Crippen MR) is 114 cm³/mol. The van der Waals surface area contributed by atoms with Crippen molar-refractivity contribution in [3.8, 4) is 27.0 Å². The van der Waals surface area contributed by atoms with Gasteiger partial charge in [0.05, 0.1) is 17.1 Å². The molecule has 0 radical (unpaired) electrons. The van der Waals surface area contributed by atoms with Gasteiger partial charge in [0.2, 0.25) is 0 Å². The van der Waals surface area contributed by atoms with Crippen molar-refractivity contribution in [3.05, 3.63) is 89.0 Å². The molecule has 29 heavy (non-hydrogen) atoms. The lowest BCUT2D eigenvalue weighted by atomic mass is 10.1. The van der Waals surface area contributed by atoms with Crippen LogP contribution in [0.4, 0.5) is 0 Å². The Labute approximate surface area is 172 Å². The van der Waals surface area contributed by atoms with Crippen LogP contribution in [-0.2, 0) is 13.0 Å². The molecule has 144 valence electrons. The SMILES string of the molecule is O=c1ccn2c(n1)O[C@H](CCc1nc(-c3ccccc3)sc1-c1ccccc1)C2. The van der Waals surface area contributed by atoms with Gasteiger partial charge in [-0.1, -0.05) is 60.7 Å². The topological polar surface area (TPSA) is 57.0 Å². The Morgan fingerprint density at radius 3 is 2.45 bits per heavy atom. The van der Waals surface area contributed by atoms with E-state index in [-0.39, 0.29) is 11.7 Å². The van der Waals surface area contributed by atoms with Crippen LogP contribution in [0.3, 0.4) is 0 Å². The van der Waals surface area contributed by atoms with Gasteiger partial charge in [-0.05, 0) is 18.4 Å². The van der Waals surface area contributed by atoms with Crippen LogP contribution in [0.2, 0.25) is 0 Å². The molecule has 0 N–H and O–H groups in total. The van der Waals surface area contributed by atoms with Crippen LogP contribution in [0.25, 0.3) is 21.0 Å². The van der Waals surface area contributed by atoms with Crippen LogP contribution in [-0.4, -0.2) is 20.6 Å². The molecule has 4 aromatic rings. The molecule has 1 atom stereocenters. The molecule has 5 rings (SSSR count). The molecule has 1 aliphatic heterocycles. The molecule has 0 amide bonds. The van der Waals surface area contributed by atoms with Crippen molar-refractivity contribution in [2.45, 2.75) is 25.5 Å². The van der Waals surface area contributed by atoms with Crippen molar-refractivity contribution >= 4 is 11.3 Å². The van der Waals surface area contributed by atoms with Gasteiger partial charge >= 0.3 is 0 Å². The van der Waals surface area contributed by atoms with Gasteiger partial charge in [-0.3, -0.25) is 9.36 Å². The van der Waals surface area contributed by atoms with Gasteiger partial charge in [0.25, 0.3) is 11.6 Å². The Balaban J connectivity index is 1.40. The molecular weight excluding hydrogens is 382 g/mol. The lowest BCUT2D eigenvalue weighted by Gasteiger charge is -2.08. The minimum atomic E-state index is -0.268. The summed E-state index contributed by atoms with van der Waals surface area (Å²) in [4.78, 5) is 21.6. The van der Waals surface area contributed by atoms with Crippen LogP contribution in [0, 0.1) is 0 Å². The van der Waals surface area contributed by atoms with E-state index < -0.39 is 0 Å². The second kappa shape index (κ2) is 7.64. The van der Waals surface area contributed by atoms with Gasteiger partial charge in [0.1, 0.15) is 11.1 Å². The number of nitrogens with zero attached hydrogens (tertiary/aromatic N) is 3. The smallest absolute Gasteiger partial charge is 0.300 e. The maximum Gasteiger partial charge on any atom is 0.300 e. The second-order valence-electron chi connectivity index (χ2n) is 7.01. The van der Waals surface area contributed by atoms with Crippen LogP contribution < -0.4 is 10.3 Å². The van der Waals surface area contributed by atoms with Crippen LogP contribution in [0.15, 0.2) is 77.7 Å². The third-order valence-corrected chi connectivity index (χ3v) is 6.17. The summed E-state index contributed by atoms with van der Waals surface area (Å²) in [5, 5.41) is 1.03. The lowest BCUT2D eigenvalue weighted by molar-refractivity contribution is 0.213. The van der Waals surface area contributed by atoms with E-state index in [2.05, 4.69) is 41.4 Å². The van der Waals surface area contributed by atoms with Gasteiger partial charge in [-0.15, -0.1) is 11.3 Å². The number of rotatable bonds is 5. The van der Waals surface area contributed by atoms with Crippen molar-refractivity contribution in [2.24, 2.45) is 0 Å². The van der Waals surface area contributed by atoms with E-state index >= 15 is 0 Å². The summed E-state index contributed by atoms with van der Waals surface area (Å²) < 4.78 is 7.76. The molecule has 6 heteroatoms. The minimum absolute atomic E-state index is 0.00482. The molecular formula is C23H19N3O2S. The van der Waals surface area contributed by atoms with E-state index in [1.54, 1.807) is 17.5 Å². The second-order valence-corrected chi connectivity index (χ2v) is 8.01. The van der Waals surface area contributed by atoms with Gasteiger partial charge in [0, 0.05) is 17.8 Å². The number of hydrogen-bond acceptors (Lipinski definition) is 5. The standard InChI is InChI=1S/C23H19N3O2S/c27-20-13-14-26-15-18(28-23(26)25-20)11-12-19-21(16-7-3-1-4-8-16)29-22(24-19)17-9-5-2-6-10-17/h1-10,13-14,18H,11-12,15H2/t18-/m1/s1. The Kier molecular flexibility index (Phi) is 4.69. The van der Waals surface area contributed by atoms with Gasteiger partial charge in [0.15, 0.2) is 0 Å². The van der Waals surface area contributed by atoms with Crippen LogP contribution in [0.1, 0.15) is 12.1 Å². The fourth-order valence-electron chi connectivity index (χ4n) is 3.54. The van der Waals surface area contributed by atoms with Crippen molar-refractivity contribution < 1.29 is 4.74 Å². The Bertz CT molecular complexity index is 1190. The van der Waals surface area contributed by atoms with E-state index in [0.717, 1.165) is 29.1 Å². The minimum Gasteiger partial charge on any atom is -0.459 e. The average molecular weight is 401 g/mol. The summed E-state index contributed by atoms with van der Waals surface area (Å²) in [6.07, 6.45) is 3.36. The first-order valence-corrected chi connectivity index (χ1v) is 10.4. The zero-order valence-electron chi connectivity index (χ0n) is 15.7. The molecule has 2 aromatic carbocycles. The summed E-state index contributed by atoms with van der Waals surface area (Å²) in [5.41, 5.74) is 3.13. The number of hydrogen-bond donors (Lipinski definition) is 0. The fraction of sp³-hybridized carbons (Fsp3) is 0.174. The lowest BCUT2D eigenvalue weighted by Crippen LogP contribution is -2.15. The van der Waals surface area contributed by atoms with Gasteiger partial charge in [-0.25, -0.2) is 4.98 Å². The zero-order chi connectivity index (χ0) is 19.6. The van der Waals surface area contributed by atoms with Gasteiger partial charge in [-0.2, -0.15) is 4.98 Å². The fourth-order valence-corrected chi connectivity index (χ4v) is 4.66. The predicted octanol–water partition coefficient (Wildman–Crippen LogP) is 4.43. The highest BCUT2D eigenvalue weighted by molar-refractivity contribution is 7.18. The first kappa shape index (κ1) is 17.8. The zero-order valence-corrected chi connectivity index (χ0v) is 16.5. The first-order chi connectivity index (χ1) is 14.3. The molecule has 0 saturated carbocycles. The summed E-state index contributed by atoms with van der Waals surface area (Å²) in [6, 6.07) is 22.6. The summed E-state index contributed by atoms with van der Waals surface area (Å²) in [6.45, 7) is 0.707. The molecule has 5 nitrogen and oxygen atoms in total. The maximum atomic E-state index is 11.4. The number of aryl methyl sites for hydroxylation is 1. The Morgan fingerprint density at radius 1 is 0.966 bits per heavy atom. The van der Waals surface area contributed by atoms with Crippen molar-refractivity contribution in [1.29, 1.82) is 0 Å². The van der Waals surface area contributed by atoms with Gasteiger partial charge < -0.3 is 4.74 Å². The summed E-state index contributed by atoms with van der Waals surface area (Å²) in [5.74, 6) is 0. The highest BCUT2D eigenvalue weighted by atomic mass is 32.1. The largest absolute Gasteiger partial charge is 0.459 e. The quantitative estimate of drug-likeness (QED) is 0.496. The van der Waals surface area contributed by atoms with E-state index in [1.165, 1.54) is 16.5 Å². The van der Waals surface area contributed by atoms with E-state index in [9.17, 15) is 4.79 Å². The molecule has 0 bridgehead atoms. The Hall–Kier alpha value is -3.25. The normalized spacial score (nSPS) is 15.1. The van der Waals surface area contributed by atoms with Crippen LogP contribution >= 0.6 is 11.3 Å². The van der Waals surface area contributed by atoms with Crippen LogP contribution in [0.5, 0.6) is 6.01 Å². The number of thiazole rings is 1. The number of aromatic nitrogens is 3. The molecule has 0 aliphatic carbocycles. The third-order valence-electron chi connectivity index (χ3n) is 4.98. The Morgan fingerprint density at radius 2 is 1.69 bits per heavy atom. The molecule has 2 aromatic heterocycles. The van der Waals surface area contributed by atoms with Crippen molar-refractivity contribution in [3.63, 3.8) is 0 Å². The number of fused-ring (bicyclic) bond motifs is 1. The molecule has 0 unspecified atom stereocenters. The van der Waals surface area contributed by atoms with E-state index in [0.29, 0.717) is 12.6 Å². The highest BCUT2D eigenvalue weighted by Gasteiger charge is 2.24. The highest BCUT2D eigenvalue weighted by Crippen LogP contribution is 2.36. The maximum absolute atomic E-state index is 11.4. The average Bonchev–Trinajstić information content (AvgIpc) is 3.37. The monoisotopic (exact) mass is 401 g/mol. The first-order valence-electron chi connectivity index (χ1n) is 9.61. The number of ether oxygens (including phenoxy) is 1. The van der Waals surface area contributed by atoms with E-state index in [4.69, 9.17) is 9.72 Å². The number of benzene rings is 2. The summed E-state index contributed by atoms with van der Waals surface area (Å²) in [7, 11) is 0. The van der Waals surface area contributed by atoms with E-state index in [1.807, 2.05) is 28.8 Å². The molecule has 0 spiro atoms. The molecule has 0 fully saturated rings.